The van der Waals surface area contributed by atoms with Crippen molar-refractivity contribution in [3.8, 4) is 17.6 Å². The summed E-state index contributed by atoms with van der Waals surface area (Å²) >= 11 is 0. The van der Waals surface area contributed by atoms with Gasteiger partial charge in [-0.15, -0.1) is 0 Å². The molecule has 0 saturated carbocycles. The number of amides is 1. The highest BCUT2D eigenvalue weighted by molar-refractivity contribution is 5.94. The Bertz CT molecular complexity index is 852. The van der Waals surface area contributed by atoms with Crippen molar-refractivity contribution >= 4 is 5.91 Å². The lowest BCUT2D eigenvalue weighted by Gasteiger charge is -2.35. The zero-order valence-corrected chi connectivity index (χ0v) is 15.6. The van der Waals surface area contributed by atoms with Gasteiger partial charge in [-0.2, -0.15) is 5.26 Å². The maximum absolute atomic E-state index is 12.7. The molecule has 1 amide bonds. The van der Waals surface area contributed by atoms with Crippen LogP contribution in [0.5, 0.6) is 11.5 Å². The molecule has 27 heavy (non-hydrogen) atoms. The van der Waals surface area contributed by atoms with Crippen molar-refractivity contribution in [3.63, 3.8) is 0 Å². The summed E-state index contributed by atoms with van der Waals surface area (Å²) in [6.45, 7) is 3.62. The third-order valence-electron chi connectivity index (χ3n) is 4.78. The van der Waals surface area contributed by atoms with Crippen LogP contribution in [-0.2, 0) is 6.54 Å². The topological polar surface area (TPSA) is 65.8 Å². The van der Waals surface area contributed by atoms with Gasteiger partial charge in [0, 0.05) is 43.9 Å². The lowest BCUT2D eigenvalue weighted by molar-refractivity contribution is 0.0627. The summed E-state index contributed by atoms with van der Waals surface area (Å²) in [6, 6.07) is 14.7. The van der Waals surface area contributed by atoms with E-state index in [0.29, 0.717) is 24.2 Å². The van der Waals surface area contributed by atoms with Crippen molar-refractivity contribution in [2.24, 2.45) is 0 Å². The highest BCUT2D eigenvalue weighted by atomic mass is 16.5. The summed E-state index contributed by atoms with van der Waals surface area (Å²) in [4.78, 5) is 16.8. The monoisotopic (exact) mass is 365 g/mol. The van der Waals surface area contributed by atoms with E-state index in [2.05, 4.69) is 11.0 Å². The second-order valence-electron chi connectivity index (χ2n) is 6.44. The number of benzene rings is 2. The molecule has 0 aliphatic carbocycles. The molecular formula is C21H23N3O3. The van der Waals surface area contributed by atoms with Gasteiger partial charge in [-0.25, -0.2) is 0 Å². The zero-order valence-electron chi connectivity index (χ0n) is 15.6. The third kappa shape index (κ3) is 4.39. The van der Waals surface area contributed by atoms with Crippen LogP contribution in [-0.4, -0.2) is 56.1 Å². The van der Waals surface area contributed by atoms with E-state index in [9.17, 15) is 4.79 Å². The van der Waals surface area contributed by atoms with Crippen molar-refractivity contribution in [1.29, 1.82) is 5.26 Å². The molecule has 2 aromatic rings. The normalized spacial score (nSPS) is 14.5. The van der Waals surface area contributed by atoms with E-state index in [4.69, 9.17) is 14.7 Å². The molecule has 1 saturated heterocycles. The molecule has 0 unspecified atom stereocenters. The molecule has 0 atom stereocenters. The predicted octanol–water partition coefficient (Wildman–Crippen LogP) is 2.53. The highest BCUT2D eigenvalue weighted by Gasteiger charge is 2.23. The van der Waals surface area contributed by atoms with Crippen LogP contribution in [0.2, 0.25) is 0 Å². The molecule has 0 N–H and O–H groups in total. The Morgan fingerprint density at radius 1 is 1.07 bits per heavy atom. The maximum Gasteiger partial charge on any atom is 0.253 e. The van der Waals surface area contributed by atoms with E-state index >= 15 is 0 Å². The number of rotatable bonds is 5. The fraction of sp³-hybridized carbons (Fsp3) is 0.333. The maximum atomic E-state index is 12.7. The lowest BCUT2D eigenvalue weighted by atomic mass is 10.1. The van der Waals surface area contributed by atoms with E-state index in [1.54, 1.807) is 38.5 Å². The van der Waals surface area contributed by atoms with Crippen molar-refractivity contribution in [3.05, 3.63) is 59.2 Å². The number of nitrogens with zero attached hydrogens (tertiary/aromatic N) is 3. The van der Waals surface area contributed by atoms with Crippen LogP contribution in [0.25, 0.3) is 0 Å². The quantitative estimate of drug-likeness (QED) is 0.815. The smallest absolute Gasteiger partial charge is 0.253 e. The van der Waals surface area contributed by atoms with Gasteiger partial charge in [0.15, 0.2) is 0 Å². The van der Waals surface area contributed by atoms with Gasteiger partial charge in [0.2, 0.25) is 0 Å². The first kappa shape index (κ1) is 18.7. The van der Waals surface area contributed by atoms with Gasteiger partial charge in [0.05, 0.1) is 25.9 Å². The van der Waals surface area contributed by atoms with Crippen LogP contribution in [0, 0.1) is 11.3 Å². The van der Waals surface area contributed by atoms with E-state index in [-0.39, 0.29) is 5.91 Å². The van der Waals surface area contributed by atoms with Crippen LogP contribution in [0.3, 0.4) is 0 Å². The van der Waals surface area contributed by atoms with E-state index in [0.717, 1.165) is 36.7 Å². The Hall–Kier alpha value is -3.04. The SMILES string of the molecule is COc1ccc(OC)c(CN2CCN(C(=O)c3cccc(C#N)c3)CC2)c1. The van der Waals surface area contributed by atoms with Gasteiger partial charge in [0.25, 0.3) is 5.91 Å². The lowest BCUT2D eigenvalue weighted by Crippen LogP contribution is -2.48. The van der Waals surface area contributed by atoms with E-state index in [1.807, 2.05) is 23.1 Å². The number of ether oxygens (including phenoxy) is 2. The summed E-state index contributed by atoms with van der Waals surface area (Å²) < 4.78 is 10.8. The minimum absolute atomic E-state index is 0.0225. The van der Waals surface area contributed by atoms with Gasteiger partial charge in [0.1, 0.15) is 11.5 Å². The van der Waals surface area contributed by atoms with Gasteiger partial charge in [-0.1, -0.05) is 6.07 Å². The Labute approximate surface area is 159 Å². The predicted molar refractivity (Wildman–Crippen MR) is 102 cm³/mol. The summed E-state index contributed by atoms with van der Waals surface area (Å²) in [5.74, 6) is 1.62. The minimum atomic E-state index is -0.0225. The van der Waals surface area contributed by atoms with Gasteiger partial charge in [-0.05, 0) is 36.4 Å². The molecule has 6 nitrogen and oxygen atoms in total. The molecular weight excluding hydrogens is 342 g/mol. The molecule has 1 heterocycles. The number of carbonyl (C=O) groups excluding carboxylic acids is 1. The van der Waals surface area contributed by atoms with Crippen LogP contribution < -0.4 is 9.47 Å². The summed E-state index contributed by atoms with van der Waals surface area (Å²) in [6.07, 6.45) is 0. The Balaban J connectivity index is 1.62. The van der Waals surface area contributed by atoms with Gasteiger partial charge >= 0.3 is 0 Å². The molecule has 1 fully saturated rings. The van der Waals surface area contributed by atoms with Crippen LogP contribution in [0.1, 0.15) is 21.5 Å². The molecule has 1 aliphatic rings. The number of carbonyl (C=O) groups is 1. The summed E-state index contributed by atoms with van der Waals surface area (Å²) in [5.41, 5.74) is 2.14. The second kappa shape index (κ2) is 8.56. The fourth-order valence-electron chi connectivity index (χ4n) is 3.26. The van der Waals surface area contributed by atoms with E-state index < -0.39 is 0 Å². The first-order valence-corrected chi connectivity index (χ1v) is 8.87. The molecule has 0 spiro atoms. The average molecular weight is 365 g/mol. The second-order valence-corrected chi connectivity index (χ2v) is 6.44. The van der Waals surface area contributed by atoms with Crippen molar-refractivity contribution in [2.45, 2.75) is 6.54 Å². The zero-order chi connectivity index (χ0) is 19.2. The molecule has 0 radical (unpaired) electrons. The van der Waals surface area contributed by atoms with Gasteiger partial charge < -0.3 is 14.4 Å². The number of hydrogen-bond donors (Lipinski definition) is 0. The fourth-order valence-corrected chi connectivity index (χ4v) is 3.26. The number of nitriles is 1. The van der Waals surface area contributed by atoms with Crippen molar-refractivity contribution < 1.29 is 14.3 Å². The molecule has 2 aromatic carbocycles. The highest BCUT2D eigenvalue weighted by Crippen LogP contribution is 2.25. The number of hydrogen-bond acceptors (Lipinski definition) is 5. The molecule has 140 valence electrons. The number of piperazine rings is 1. The van der Waals surface area contributed by atoms with Crippen LogP contribution in [0.15, 0.2) is 42.5 Å². The van der Waals surface area contributed by atoms with Crippen LogP contribution in [0.4, 0.5) is 0 Å². The molecule has 0 bridgehead atoms. The van der Waals surface area contributed by atoms with Gasteiger partial charge in [-0.3, -0.25) is 9.69 Å². The van der Waals surface area contributed by atoms with Crippen molar-refractivity contribution in [2.75, 3.05) is 40.4 Å². The van der Waals surface area contributed by atoms with Crippen molar-refractivity contribution in [1.82, 2.24) is 9.80 Å². The molecule has 0 aromatic heterocycles. The first-order valence-electron chi connectivity index (χ1n) is 8.87. The summed E-state index contributed by atoms with van der Waals surface area (Å²) in [7, 11) is 3.31. The first-order chi connectivity index (χ1) is 13.1. The minimum Gasteiger partial charge on any atom is -0.497 e. The largest absolute Gasteiger partial charge is 0.497 e. The van der Waals surface area contributed by atoms with Crippen LogP contribution >= 0.6 is 0 Å². The molecule has 1 aliphatic heterocycles. The Morgan fingerprint density at radius 3 is 2.52 bits per heavy atom. The van der Waals surface area contributed by atoms with E-state index in [1.165, 1.54) is 0 Å². The standard InChI is InChI=1S/C21H23N3O3/c1-26-19-6-7-20(27-2)18(13-19)15-23-8-10-24(11-9-23)21(25)17-5-3-4-16(12-17)14-22/h3-7,12-13H,8-11,15H2,1-2H3. The average Bonchev–Trinajstić information content (AvgIpc) is 2.73. The molecule has 6 heteroatoms. The Morgan fingerprint density at radius 2 is 1.85 bits per heavy atom. The Kier molecular flexibility index (Phi) is 5.94. The number of methoxy groups -OCH3 is 2. The third-order valence-corrected chi connectivity index (χ3v) is 4.78. The summed E-state index contributed by atoms with van der Waals surface area (Å²) in [5, 5.41) is 9.01. The molecule has 3 rings (SSSR count).